The Morgan fingerprint density at radius 2 is 2.28 bits per heavy atom. The van der Waals surface area contributed by atoms with Crippen molar-refractivity contribution < 1.29 is 9.53 Å². The van der Waals surface area contributed by atoms with Crippen molar-refractivity contribution in [2.45, 2.75) is 45.2 Å². The van der Waals surface area contributed by atoms with Gasteiger partial charge in [-0.25, -0.2) is 4.98 Å². The number of thiazole rings is 1. The Kier molecular flexibility index (Phi) is 4.72. The van der Waals surface area contributed by atoms with Crippen molar-refractivity contribution in [1.29, 1.82) is 0 Å². The van der Waals surface area contributed by atoms with Gasteiger partial charge in [-0.05, 0) is 19.8 Å². The molecule has 1 aromatic heterocycles. The molecule has 0 aliphatic heterocycles. The normalized spacial score (nSPS) is 16.4. The zero-order valence-corrected chi connectivity index (χ0v) is 11.8. The summed E-state index contributed by atoms with van der Waals surface area (Å²) in [6.45, 7) is 3.21. The largest absolute Gasteiger partial charge is 0.468 e. The maximum atomic E-state index is 11.5. The molecule has 0 radical (unpaired) electrons. The second-order valence-electron chi connectivity index (χ2n) is 4.76. The van der Waals surface area contributed by atoms with Crippen LogP contribution in [0.1, 0.15) is 35.6 Å². The number of carbonyl (C=O) groups is 1. The van der Waals surface area contributed by atoms with Crippen LogP contribution >= 0.6 is 11.3 Å². The first kappa shape index (κ1) is 13.5. The summed E-state index contributed by atoms with van der Waals surface area (Å²) in [5, 5.41) is 1.08. The second kappa shape index (κ2) is 6.29. The first-order chi connectivity index (χ1) is 8.69. The van der Waals surface area contributed by atoms with Crippen LogP contribution in [-0.4, -0.2) is 35.5 Å². The van der Waals surface area contributed by atoms with Crippen LogP contribution < -0.4 is 0 Å². The van der Waals surface area contributed by atoms with E-state index in [9.17, 15) is 4.79 Å². The number of rotatable bonds is 5. The van der Waals surface area contributed by atoms with E-state index in [1.54, 1.807) is 11.3 Å². The molecule has 0 aromatic carbocycles. The predicted molar refractivity (Wildman–Crippen MR) is 71.5 cm³/mol. The molecule has 0 N–H and O–H groups in total. The molecule has 1 saturated carbocycles. The lowest BCUT2D eigenvalue weighted by Crippen LogP contribution is -2.37. The highest BCUT2D eigenvalue weighted by Crippen LogP contribution is 2.26. The molecule has 1 aliphatic rings. The van der Waals surface area contributed by atoms with Crippen molar-refractivity contribution >= 4 is 17.3 Å². The summed E-state index contributed by atoms with van der Waals surface area (Å²) < 4.78 is 4.79. The summed E-state index contributed by atoms with van der Waals surface area (Å²) in [5.41, 5.74) is 0. The van der Waals surface area contributed by atoms with Gasteiger partial charge in [0.2, 0.25) is 0 Å². The van der Waals surface area contributed by atoms with Gasteiger partial charge >= 0.3 is 5.97 Å². The molecule has 1 heterocycles. The monoisotopic (exact) mass is 268 g/mol. The summed E-state index contributed by atoms with van der Waals surface area (Å²) in [5.74, 6) is -0.150. The highest BCUT2D eigenvalue weighted by molar-refractivity contribution is 7.11. The minimum Gasteiger partial charge on any atom is -0.468 e. The molecule has 0 saturated heterocycles. The summed E-state index contributed by atoms with van der Waals surface area (Å²) in [4.78, 5) is 19.2. The minimum atomic E-state index is -0.150. The zero-order chi connectivity index (χ0) is 13.0. The van der Waals surface area contributed by atoms with Crippen LogP contribution in [0.2, 0.25) is 0 Å². The Balaban J connectivity index is 2.01. The highest BCUT2D eigenvalue weighted by Gasteiger charge is 2.25. The number of hydrogen-bond acceptors (Lipinski definition) is 5. The number of hydrogen-bond donors (Lipinski definition) is 0. The smallest absolute Gasteiger partial charge is 0.319 e. The second-order valence-corrected chi connectivity index (χ2v) is 6.08. The quantitative estimate of drug-likeness (QED) is 0.769. The molecule has 0 amide bonds. The van der Waals surface area contributed by atoms with E-state index in [0.29, 0.717) is 12.6 Å². The van der Waals surface area contributed by atoms with Gasteiger partial charge in [-0.3, -0.25) is 9.69 Å². The van der Waals surface area contributed by atoms with Crippen molar-refractivity contribution in [1.82, 2.24) is 9.88 Å². The number of esters is 1. The lowest BCUT2D eigenvalue weighted by Gasteiger charge is -2.26. The van der Waals surface area contributed by atoms with E-state index in [4.69, 9.17) is 4.74 Å². The Morgan fingerprint density at radius 3 is 2.83 bits per heavy atom. The van der Waals surface area contributed by atoms with Crippen molar-refractivity contribution in [2.24, 2.45) is 0 Å². The van der Waals surface area contributed by atoms with Gasteiger partial charge in [0.1, 0.15) is 0 Å². The van der Waals surface area contributed by atoms with E-state index in [1.807, 2.05) is 13.1 Å². The van der Waals surface area contributed by atoms with Crippen LogP contribution in [0.15, 0.2) is 6.20 Å². The molecule has 0 bridgehead atoms. The molecular formula is C13H20N2O2S. The van der Waals surface area contributed by atoms with E-state index in [1.165, 1.54) is 37.7 Å². The zero-order valence-electron chi connectivity index (χ0n) is 11.0. The van der Waals surface area contributed by atoms with Crippen molar-refractivity contribution in [3.8, 4) is 0 Å². The van der Waals surface area contributed by atoms with Crippen LogP contribution in [0.3, 0.4) is 0 Å². The fourth-order valence-electron chi connectivity index (χ4n) is 2.49. The third-order valence-electron chi connectivity index (χ3n) is 3.43. The number of aryl methyl sites for hydroxylation is 1. The van der Waals surface area contributed by atoms with Crippen LogP contribution in [0.4, 0.5) is 0 Å². The molecule has 1 aromatic rings. The maximum Gasteiger partial charge on any atom is 0.319 e. The lowest BCUT2D eigenvalue weighted by atomic mass is 10.2. The van der Waals surface area contributed by atoms with Crippen LogP contribution in [0.25, 0.3) is 0 Å². The Bertz CT molecular complexity index is 399. The van der Waals surface area contributed by atoms with Gasteiger partial charge in [-0.15, -0.1) is 11.3 Å². The lowest BCUT2D eigenvalue weighted by molar-refractivity contribution is -0.142. The number of aromatic nitrogens is 1. The van der Waals surface area contributed by atoms with Crippen molar-refractivity contribution in [3.05, 3.63) is 16.1 Å². The third kappa shape index (κ3) is 3.53. The molecule has 100 valence electrons. The molecule has 18 heavy (non-hydrogen) atoms. The maximum absolute atomic E-state index is 11.5. The summed E-state index contributed by atoms with van der Waals surface area (Å²) >= 11 is 1.70. The predicted octanol–water partition coefficient (Wildman–Crippen LogP) is 2.37. The highest BCUT2D eigenvalue weighted by atomic mass is 32.1. The van der Waals surface area contributed by atoms with Gasteiger partial charge in [-0.1, -0.05) is 12.8 Å². The van der Waals surface area contributed by atoms with Crippen LogP contribution in [0.5, 0.6) is 0 Å². The summed E-state index contributed by atoms with van der Waals surface area (Å²) in [6.07, 6.45) is 6.83. The van der Waals surface area contributed by atoms with Gasteiger partial charge in [0.25, 0.3) is 0 Å². The van der Waals surface area contributed by atoms with Gasteiger partial charge in [0.15, 0.2) is 0 Å². The third-order valence-corrected chi connectivity index (χ3v) is 4.33. The van der Waals surface area contributed by atoms with E-state index < -0.39 is 0 Å². The van der Waals surface area contributed by atoms with Gasteiger partial charge in [0.05, 0.1) is 18.7 Å². The molecule has 0 atom stereocenters. The number of carbonyl (C=O) groups excluding carboxylic acids is 1. The molecule has 1 aliphatic carbocycles. The molecule has 1 fully saturated rings. The minimum absolute atomic E-state index is 0.150. The van der Waals surface area contributed by atoms with Crippen molar-refractivity contribution in [3.63, 3.8) is 0 Å². The van der Waals surface area contributed by atoms with Crippen LogP contribution in [0, 0.1) is 6.92 Å². The van der Waals surface area contributed by atoms with E-state index in [-0.39, 0.29) is 5.97 Å². The van der Waals surface area contributed by atoms with E-state index in [2.05, 4.69) is 9.88 Å². The fraction of sp³-hybridized carbons (Fsp3) is 0.692. The number of ether oxygens (including phenoxy) is 1. The Labute approximate surface area is 112 Å². The molecule has 0 unspecified atom stereocenters. The molecular weight excluding hydrogens is 248 g/mol. The van der Waals surface area contributed by atoms with Gasteiger partial charge in [0, 0.05) is 23.7 Å². The first-order valence-corrected chi connectivity index (χ1v) is 7.23. The SMILES string of the molecule is COC(=O)CN(Cc1cnc(C)s1)C1CCCC1. The molecule has 2 rings (SSSR count). The average molecular weight is 268 g/mol. The topological polar surface area (TPSA) is 42.4 Å². The van der Waals surface area contributed by atoms with Crippen molar-refractivity contribution in [2.75, 3.05) is 13.7 Å². The standard InChI is InChI=1S/C13H20N2O2S/c1-10-14-7-12(18-10)8-15(9-13(16)17-2)11-5-3-4-6-11/h7,11H,3-6,8-9H2,1-2H3. The summed E-state index contributed by atoms with van der Waals surface area (Å²) in [6, 6.07) is 0.520. The van der Waals surface area contributed by atoms with Gasteiger partial charge in [-0.2, -0.15) is 0 Å². The van der Waals surface area contributed by atoms with E-state index in [0.717, 1.165) is 11.6 Å². The molecule has 0 spiro atoms. The Hall–Kier alpha value is -0.940. The molecule has 5 heteroatoms. The number of methoxy groups -OCH3 is 1. The van der Waals surface area contributed by atoms with E-state index >= 15 is 0 Å². The first-order valence-electron chi connectivity index (χ1n) is 6.41. The fourth-order valence-corrected chi connectivity index (χ4v) is 3.31. The van der Waals surface area contributed by atoms with Gasteiger partial charge < -0.3 is 4.74 Å². The molecule has 4 nitrogen and oxygen atoms in total. The Morgan fingerprint density at radius 1 is 1.56 bits per heavy atom. The summed E-state index contributed by atoms with van der Waals surface area (Å²) in [7, 11) is 1.45. The number of nitrogens with zero attached hydrogens (tertiary/aromatic N) is 2. The average Bonchev–Trinajstić information content (AvgIpc) is 2.99. The van der Waals surface area contributed by atoms with Crippen LogP contribution in [-0.2, 0) is 16.1 Å².